The van der Waals surface area contributed by atoms with Crippen LogP contribution in [0.5, 0.6) is 5.75 Å². The van der Waals surface area contributed by atoms with E-state index in [9.17, 15) is 27.6 Å². The molecule has 3 amide bonds. The fourth-order valence-corrected chi connectivity index (χ4v) is 3.51. The van der Waals surface area contributed by atoms with Crippen molar-refractivity contribution in [2.24, 2.45) is 5.92 Å². The third-order valence-corrected chi connectivity index (χ3v) is 5.06. The molecule has 1 aliphatic rings. The first-order valence-corrected chi connectivity index (χ1v) is 10.2. The molecular weight excluding hydrogens is 429 g/mol. The van der Waals surface area contributed by atoms with Crippen LogP contribution >= 0.6 is 0 Å². The molecule has 1 fully saturated rings. The molecule has 1 heterocycles. The molecule has 0 saturated carbocycles. The fourth-order valence-electron chi connectivity index (χ4n) is 3.51. The van der Waals surface area contributed by atoms with Crippen molar-refractivity contribution in [3.63, 3.8) is 0 Å². The lowest BCUT2D eigenvalue weighted by Crippen LogP contribution is -2.52. The lowest BCUT2D eigenvalue weighted by Gasteiger charge is -2.34. The number of halogens is 3. The van der Waals surface area contributed by atoms with Crippen LogP contribution in [-0.4, -0.2) is 48.1 Å². The van der Waals surface area contributed by atoms with Crippen molar-refractivity contribution in [3.05, 3.63) is 29.3 Å². The van der Waals surface area contributed by atoms with Crippen LogP contribution in [0.2, 0.25) is 0 Å². The summed E-state index contributed by atoms with van der Waals surface area (Å²) in [6.07, 6.45) is -3.43. The molecule has 2 atom stereocenters. The van der Waals surface area contributed by atoms with Crippen LogP contribution in [0.25, 0.3) is 0 Å². The summed E-state index contributed by atoms with van der Waals surface area (Å²) in [4.78, 5) is 38.2. The maximum atomic E-state index is 12.7. The van der Waals surface area contributed by atoms with Gasteiger partial charge in [0.25, 0.3) is 0 Å². The lowest BCUT2D eigenvalue weighted by molar-refractivity contribution is -0.274. The van der Waals surface area contributed by atoms with Crippen LogP contribution in [0.4, 0.5) is 13.2 Å². The standard InChI is InChI=1S/C21H25F3N4O4/c1-3-17(27-13(2)29)20(31)28-8-4-5-16(12-28)19(30)26-11-15-7-6-14(10-25)9-18(15)32-21(22,23)24/h6-7,9,16-17H,3-5,8,11-12H2,1-2H3,(H,26,30)(H,27,29). The summed E-state index contributed by atoms with van der Waals surface area (Å²) in [6.45, 7) is 3.47. The van der Waals surface area contributed by atoms with Gasteiger partial charge in [0.2, 0.25) is 17.7 Å². The second-order valence-electron chi connectivity index (χ2n) is 7.48. The number of amides is 3. The van der Waals surface area contributed by atoms with Gasteiger partial charge in [-0.05, 0) is 31.4 Å². The smallest absolute Gasteiger partial charge is 0.405 e. The van der Waals surface area contributed by atoms with E-state index in [0.29, 0.717) is 25.8 Å². The van der Waals surface area contributed by atoms with Crippen LogP contribution in [0.3, 0.4) is 0 Å². The van der Waals surface area contributed by atoms with E-state index in [0.717, 1.165) is 6.07 Å². The molecule has 8 nitrogen and oxygen atoms in total. The highest BCUT2D eigenvalue weighted by molar-refractivity contribution is 5.87. The molecule has 1 aliphatic heterocycles. The van der Waals surface area contributed by atoms with Crippen LogP contribution < -0.4 is 15.4 Å². The minimum absolute atomic E-state index is 0.00888. The Balaban J connectivity index is 2.03. The molecule has 0 aromatic heterocycles. The monoisotopic (exact) mass is 454 g/mol. The first-order chi connectivity index (χ1) is 15.0. The fraction of sp³-hybridized carbons (Fsp3) is 0.524. The van der Waals surface area contributed by atoms with Gasteiger partial charge in [0, 0.05) is 32.1 Å². The Labute approximate surface area is 183 Å². The topological polar surface area (TPSA) is 112 Å². The third-order valence-electron chi connectivity index (χ3n) is 5.06. The molecule has 1 aromatic carbocycles. The molecule has 11 heteroatoms. The molecule has 2 N–H and O–H groups in total. The normalized spacial score (nSPS) is 17.1. The number of carbonyl (C=O) groups is 3. The number of nitriles is 1. The van der Waals surface area contributed by atoms with E-state index in [4.69, 9.17) is 5.26 Å². The minimum Gasteiger partial charge on any atom is -0.405 e. The van der Waals surface area contributed by atoms with Crippen molar-refractivity contribution in [1.29, 1.82) is 5.26 Å². The molecule has 2 unspecified atom stereocenters. The predicted octanol–water partition coefficient (Wildman–Crippen LogP) is 2.23. The number of piperidine rings is 1. The number of carbonyl (C=O) groups excluding carboxylic acids is 3. The largest absolute Gasteiger partial charge is 0.573 e. The van der Waals surface area contributed by atoms with Gasteiger partial charge in [-0.2, -0.15) is 5.26 Å². The van der Waals surface area contributed by atoms with Gasteiger partial charge in [0.05, 0.1) is 17.6 Å². The molecule has 0 bridgehead atoms. The Hall–Kier alpha value is -3.29. The highest BCUT2D eigenvalue weighted by atomic mass is 19.4. The minimum atomic E-state index is -4.94. The summed E-state index contributed by atoms with van der Waals surface area (Å²) in [5.74, 6) is -2.09. The van der Waals surface area contributed by atoms with E-state index in [-0.39, 0.29) is 36.0 Å². The molecule has 0 radical (unpaired) electrons. The van der Waals surface area contributed by atoms with Gasteiger partial charge in [0.15, 0.2) is 0 Å². The van der Waals surface area contributed by atoms with Gasteiger partial charge in [-0.3, -0.25) is 14.4 Å². The second kappa shape index (κ2) is 10.8. The maximum absolute atomic E-state index is 12.7. The van der Waals surface area contributed by atoms with Crippen LogP contribution in [0.15, 0.2) is 18.2 Å². The predicted molar refractivity (Wildman–Crippen MR) is 107 cm³/mol. The molecule has 32 heavy (non-hydrogen) atoms. The number of benzene rings is 1. The zero-order valence-electron chi connectivity index (χ0n) is 17.8. The van der Waals surface area contributed by atoms with Gasteiger partial charge >= 0.3 is 6.36 Å². The van der Waals surface area contributed by atoms with E-state index in [2.05, 4.69) is 15.4 Å². The van der Waals surface area contributed by atoms with E-state index in [1.807, 2.05) is 0 Å². The van der Waals surface area contributed by atoms with Crippen molar-refractivity contribution in [2.75, 3.05) is 13.1 Å². The Kier molecular flexibility index (Phi) is 8.46. The number of rotatable bonds is 7. The van der Waals surface area contributed by atoms with E-state index in [1.54, 1.807) is 13.0 Å². The maximum Gasteiger partial charge on any atom is 0.573 e. The second-order valence-corrected chi connectivity index (χ2v) is 7.48. The van der Waals surface area contributed by atoms with Gasteiger partial charge < -0.3 is 20.3 Å². The van der Waals surface area contributed by atoms with E-state index in [1.165, 1.54) is 24.0 Å². The summed E-state index contributed by atoms with van der Waals surface area (Å²) in [6, 6.07) is 4.65. The third kappa shape index (κ3) is 7.14. The molecule has 174 valence electrons. The average Bonchev–Trinajstić information content (AvgIpc) is 2.74. The number of ether oxygens (including phenoxy) is 1. The lowest BCUT2D eigenvalue weighted by atomic mass is 9.96. The molecule has 0 spiro atoms. The van der Waals surface area contributed by atoms with Gasteiger partial charge in [-0.15, -0.1) is 13.2 Å². The first-order valence-electron chi connectivity index (χ1n) is 10.2. The van der Waals surface area contributed by atoms with Crippen molar-refractivity contribution in [1.82, 2.24) is 15.5 Å². The number of alkyl halides is 3. The average molecular weight is 454 g/mol. The molecule has 2 rings (SSSR count). The van der Waals surface area contributed by atoms with Crippen molar-refractivity contribution in [2.45, 2.75) is 52.1 Å². The van der Waals surface area contributed by atoms with Crippen LogP contribution in [-0.2, 0) is 20.9 Å². The summed E-state index contributed by atoms with van der Waals surface area (Å²) in [7, 11) is 0. The summed E-state index contributed by atoms with van der Waals surface area (Å²) in [5.41, 5.74) is 0.0560. The number of nitrogens with zero attached hydrogens (tertiary/aromatic N) is 2. The zero-order chi connectivity index (χ0) is 23.9. The first kappa shape index (κ1) is 25.0. The Bertz CT molecular complexity index is 898. The number of hydrogen-bond donors (Lipinski definition) is 2. The Morgan fingerprint density at radius 3 is 2.66 bits per heavy atom. The van der Waals surface area contributed by atoms with Crippen LogP contribution in [0, 0.1) is 17.2 Å². The summed E-state index contributed by atoms with van der Waals surface area (Å²) >= 11 is 0. The van der Waals surface area contributed by atoms with Crippen molar-refractivity contribution in [3.8, 4) is 11.8 Å². The van der Waals surface area contributed by atoms with Crippen molar-refractivity contribution < 1.29 is 32.3 Å². The number of likely N-dealkylation sites (tertiary alicyclic amines) is 1. The van der Waals surface area contributed by atoms with Crippen LogP contribution in [0.1, 0.15) is 44.2 Å². The highest BCUT2D eigenvalue weighted by Crippen LogP contribution is 2.28. The number of hydrogen-bond acceptors (Lipinski definition) is 5. The van der Waals surface area contributed by atoms with Crippen molar-refractivity contribution >= 4 is 17.7 Å². The van der Waals surface area contributed by atoms with E-state index >= 15 is 0 Å². The summed E-state index contributed by atoms with van der Waals surface area (Å²) in [5, 5.41) is 14.1. The highest BCUT2D eigenvalue weighted by Gasteiger charge is 2.33. The molecule has 1 saturated heterocycles. The van der Waals surface area contributed by atoms with Gasteiger partial charge in [-0.1, -0.05) is 13.0 Å². The van der Waals surface area contributed by atoms with E-state index < -0.39 is 30.0 Å². The molecule has 0 aliphatic carbocycles. The van der Waals surface area contributed by atoms with Gasteiger partial charge in [0.1, 0.15) is 11.8 Å². The quantitative estimate of drug-likeness (QED) is 0.656. The Morgan fingerprint density at radius 2 is 2.06 bits per heavy atom. The molecule has 1 aromatic rings. The molecular formula is C21H25F3N4O4. The Morgan fingerprint density at radius 1 is 1.34 bits per heavy atom. The summed E-state index contributed by atoms with van der Waals surface area (Å²) < 4.78 is 42.0. The SMILES string of the molecule is CCC(NC(C)=O)C(=O)N1CCCC(C(=O)NCc2ccc(C#N)cc2OC(F)(F)F)C1. The zero-order valence-corrected chi connectivity index (χ0v) is 17.8. The van der Waals surface area contributed by atoms with Gasteiger partial charge in [-0.25, -0.2) is 0 Å². The number of nitrogens with one attached hydrogen (secondary N) is 2.